The summed E-state index contributed by atoms with van der Waals surface area (Å²) in [5.74, 6) is -0.548. The highest BCUT2D eigenvalue weighted by atomic mass is 28.3. The number of H-pyrrole nitrogens is 1. The number of rotatable bonds is 7. The van der Waals surface area contributed by atoms with Gasteiger partial charge in [0.05, 0.1) is 5.52 Å². The van der Waals surface area contributed by atoms with Crippen molar-refractivity contribution in [3.8, 4) is 11.1 Å². The number of nitrogens with two attached hydrogens (primary N) is 1. The van der Waals surface area contributed by atoms with Crippen LogP contribution < -0.4 is 5.73 Å². The van der Waals surface area contributed by atoms with Gasteiger partial charge in [0.2, 0.25) is 0 Å². The fourth-order valence-electron chi connectivity index (χ4n) is 3.35. The topological polar surface area (TPSA) is 98.8 Å². The second-order valence-corrected chi connectivity index (χ2v) is 14.0. The van der Waals surface area contributed by atoms with Crippen molar-refractivity contribution in [1.82, 2.24) is 19.7 Å². The molecule has 7 nitrogen and oxygen atoms in total. The van der Waals surface area contributed by atoms with Gasteiger partial charge in [0.1, 0.15) is 12.4 Å². The van der Waals surface area contributed by atoms with Crippen molar-refractivity contribution < 1.29 is 9.53 Å². The third kappa shape index (κ3) is 3.94. The Balaban J connectivity index is 1.69. The largest absolute Gasteiger partial charge is 0.364 e. The van der Waals surface area contributed by atoms with Crippen molar-refractivity contribution in [3.05, 3.63) is 48.4 Å². The highest BCUT2D eigenvalue weighted by Gasteiger charge is 2.17. The predicted molar refractivity (Wildman–Crippen MR) is 117 cm³/mol. The van der Waals surface area contributed by atoms with Crippen molar-refractivity contribution in [3.63, 3.8) is 0 Å². The maximum absolute atomic E-state index is 12.0. The molecule has 1 aromatic carbocycles. The van der Waals surface area contributed by atoms with Crippen LogP contribution in [0.25, 0.3) is 33.1 Å². The number of primary amides is 1. The quantitative estimate of drug-likeness (QED) is 0.357. The fourth-order valence-corrected chi connectivity index (χ4v) is 4.11. The molecule has 0 fully saturated rings. The van der Waals surface area contributed by atoms with Gasteiger partial charge in [0.25, 0.3) is 5.91 Å². The average molecular weight is 408 g/mol. The van der Waals surface area contributed by atoms with Crippen LogP contribution in [0.2, 0.25) is 25.7 Å². The molecule has 3 aromatic heterocycles. The number of carbonyl (C=O) groups is 1. The Bertz CT molecular complexity index is 1190. The van der Waals surface area contributed by atoms with E-state index in [2.05, 4.69) is 34.7 Å². The first-order valence-electron chi connectivity index (χ1n) is 9.64. The maximum Gasteiger partial charge on any atom is 0.269 e. The number of amides is 1. The first-order valence-corrected chi connectivity index (χ1v) is 13.3. The van der Waals surface area contributed by atoms with Crippen LogP contribution in [0.15, 0.2) is 42.7 Å². The van der Waals surface area contributed by atoms with Gasteiger partial charge >= 0.3 is 0 Å². The molecule has 0 aliphatic heterocycles. The van der Waals surface area contributed by atoms with Crippen LogP contribution in [0.4, 0.5) is 0 Å². The number of nitrogens with one attached hydrogen (secondary N) is 1. The normalized spacial score (nSPS) is 12.1. The maximum atomic E-state index is 12.0. The van der Waals surface area contributed by atoms with Crippen molar-refractivity contribution in [1.29, 1.82) is 0 Å². The monoisotopic (exact) mass is 407 g/mol. The van der Waals surface area contributed by atoms with Crippen LogP contribution in [0.5, 0.6) is 0 Å². The molecule has 3 N–H and O–H groups in total. The standard InChI is InChI=1S/C21H25N5O2Si/c1-29(2,3)10-9-28-13-26-18-7-6-14(11-16(18)19(25-26)20(22)27)17-12-24-21-15(17)5-4-8-23-21/h4-8,11-12H,9-10,13H2,1-3H3,(H2,22,27)(H,23,24). The molecular weight excluding hydrogens is 382 g/mol. The number of aromatic nitrogens is 4. The summed E-state index contributed by atoms with van der Waals surface area (Å²) < 4.78 is 7.54. The second kappa shape index (κ2) is 7.45. The van der Waals surface area contributed by atoms with E-state index in [0.29, 0.717) is 13.3 Å². The van der Waals surface area contributed by atoms with Crippen molar-refractivity contribution in [2.45, 2.75) is 32.4 Å². The molecule has 0 saturated heterocycles. The predicted octanol–water partition coefficient (Wildman–Crippen LogP) is 3.99. The lowest BCUT2D eigenvalue weighted by Gasteiger charge is -2.15. The van der Waals surface area contributed by atoms with E-state index in [-0.39, 0.29) is 5.69 Å². The smallest absolute Gasteiger partial charge is 0.269 e. The zero-order valence-electron chi connectivity index (χ0n) is 16.9. The molecule has 3 heterocycles. The molecule has 0 aliphatic carbocycles. The summed E-state index contributed by atoms with van der Waals surface area (Å²) in [6, 6.07) is 10.9. The summed E-state index contributed by atoms with van der Waals surface area (Å²) in [5.41, 5.74) is 9.50. The van der Waals surface area contributed by atoms with Gasteiger partial charge in [0, 0.05) is 43.4 Å². The fraction of sp³-hybridized carbons (Fsp3) is 0.286. The van der Waals surface area contributed by atoms with E-state index < -0.39 is 14.0 Å². The Hall–Kier alpha value is -2.97. The number of hydrogen-bond donors (Lipinski definition) is 2. The number of aromatic amines is 1. The lowest BCUT2D eigenvalue weighted by atomic mass is 10.0. The molecule has 150 valence electrons. The van der Waals surface area contributed by atoms with Gasteiger partial charge in [-0.25, -0.2) is 9.67 Å². The van der Waals surface area contributed by atoms with Gasteiger partial charge in [-0.05, 0) is 35.9 Å². The molecule has 4 aromatic rings. The van der Waals surface area contributed by atoms with E-state index in [4.69, 9.17) is 10.5 Å². The first kappa shape index (κ1) is 19.3. The van der Waals surface area contributed by atoms with Crippen LogP contribution in [0.1, 0.15) is 10.5 Å². The molecule has 29 heavy (non-hydrogen) atoms. The van der Waals surface area contributed by atoms with Gasteiger partial charge < -0.3 is 15.5 Å². The van der Waals surface area contributed by atoms with Crippen LogP contribution in [-0.4, -0.2) is 40.3 Å². The Labute approximate surface area is 169 Å². The minimum absolute atomic E-state index is 0.258. The van der Waals surface area contributed by atoms with Crippen LogP contribution in [0, 0.1) is 0 Å². The zero-order chi connectivity index (χ0) is 20.6. The Morgan fingerprint density at radius 3 is 2.83 bits per heavy atom. The van der Waals surface area contributed by atoms with E-state index in [0.717, 1.165) is 39.1 Å². The summed E-state index contributed by atoms with van der Waals surface area (Å²) in [6.45, 7) is 7.92. The molecule has 0 aliphatic rings. The average Bonchev–Trinajstić information content (AvgIpc) is 3.26. The van der Waals surface area contributed by atoms with E-state index >= 15 is 0 Å². The number of benzene rings is 1. The lowest BCUT2D eigenvalue weighted by Crippen LogP contribution is -2.22. The summed E-state index contributed by atoms with van der Waals surface area (Å²) in [4.78, 5) is 19.5. The molecule has 0 unspecified atom stereocenters. The molecule has 0 saturated carbocycles. The summed E-state index contributed by atoms with van der Waals surface area (Å²) in [7, 11) is -1.16. The van der Waals surface area contributed by atoms with Crippen molar-refractivity contribution in [2.75, 3.05) is 6.61 Å². The zero-order valence-corrected chi connectivity index (χ0v) is 17.9. The van der Waals surface area contributed by atoms with Crippen LogP contribution in [0.3, 0.4) is 0 Å². The molecule has 4 rings (SSSR count). The number of hydrogen-bond acceptors (Lipinski definition) is 4. The highest BCUT2D eigenvalue weighted by molar-refractivity contribution is 6.76. The van der Waals surface area contributed by atoms with Gasteiger partial charge in [-0.1, -0.05) is 25.7 Å². The van der Waals surface area contributed by atoms with Gasteiger partial charge in [-0.15, -0.1) is 0 Å². The molecule has 0 radical (unpaired) electrons. The molecule has 0 spiro atoms. The Morgan fingerprint density at radius 2 is 2.07 bits per heavy atom. The highest BCUT2D eigenvalue weighted by Crippen LogP contribution is 2.31. The summed E-state index contributed by atoms with van der Waals surface area (Å²) in [5, 5.41) is 6.16. The SMILES string of the molecule is C[Si](C)(C)CCOCn1nc(C(N)=O)c2cc(-c3c[nH]c4ncccc34)ccc21. The lowest BCUT2D eigenvalue weighted by molar-refractivity contribution is 0.0808. The minimum atomic E-state index is -1.16. The number of fused-ring (bicyclic) bond motifs is 2. The Kier molecular flexibility index (Phi) is 4.97. The van der Waals surface area contributed by atoms with Crippen molar-refractivity contribution in [2.24, 2.45) is 5.73 Å². The third-order valence-electron chi connectivity index (χ3n) is 4.96. The number of carbonyl (C=O) groups excluding carboxylic acids is 1. The van der Waals surface area contributed by atoms with E-state index in [1.54, 1.807) is 10.9 Å². The second-order valence-electron chi connectivity index (χ2n) is 8.39. The number of ether oxygens (including phenoxy) is 1. The molecule has 1 amide bonds. The Morgan fingerprint density at radius 1 is 1.24 bits per heavy atom. The first-order chi connectivity index (χ1) is 13.8. The summed E-state index contributed by atoms with van der Waals surface area (Å²) in [6.07, 6.45) is 3.68. The van der Waals surface area contributed by atoms with Crippen LogP contribution >= 0.6 is 0 Å². The molecule has 0 bridgehead atoms. The van der Waals surface area contributed by atoms with E-state index in [9.17, 15) is 4.79 Å². The summed E-state index contributed by atoms with van der Waals surface area (Å²) >= 11 is 0. The van der Waals surface area contributed by atoms with Gasteiger partial charge in [0.15, 0.2) is 5.69 Å². The van der Waals surface area contributed by atoms with E-state index in [1.807, 2.05) is 36.5 Å². The number of nitrogens with zero attached hydrogens (tertiary/aromatic N) is 3. The molecular formula is C21H25N5O2Si. The number of pyridine rings is 1. The van der Waals surface area contributed by atoms with Gasteiger partial charge in [-0.3, -0.25) is 4.79 Å². The van der Waals surface area contributed by atoms with Crippen molar-refractivity contribution >= 4 is 35.9 Å². The van der Waals surface area contributed by atoms with Gasteiger partial charge in [-0.2, -0.15) is 5.10 Å². The third-order valence-corrected chi connectivity index (χ3v) is 6.66. The molecule has 8 heteroatoms. The van der Waals surface area contributed by atoms with E-state index in [1.165, 1.54) is 0 Å². The molecule has 0 atom stereocenters. The minimum Gasteiger partial charge on any atom is -0.364 e. The van der Waals surface area contributed by atoms with Crippen LogP contribution in [-0.2, 0) is 11.5 Å².